The summed E-state index contributed by atoms with van der Waals surface area (Å²) in [4.78, 5) is 35.5. The maximum atomic E-state index is 13.0. The number of aryl methyl sites for hydroxylation is 1. The fourth-order valence-corrected chi connectivity index (χ4v) is 2.82. The summed E-state index contributed by atoms with van der Waals surface area (Å²) in [5, 5.41) is 2.77. The summed E-state index contributed by atoms with van der Waals surface area (Å²) in [6, 6.07) is 18.1. The summed E-state index contributed by atoms with van der Waals surface area (Å²) in [5.41, 5.74) is 3.05. The Morgan fingerprint density at radius 3 is 2.50 bits per heavy atom. The zero-order chi connectivity index (χ0) is 19.9. The average molecular weight is 374 g/mol. The molecule has 0 atom stereocenters. The molecule has 3 rings (SSSR count). The van der Waals surface area contributed by atoms with Gasteiger partial charge in [-0.3, -0.25) is 14.6 Å². The monoisotopic (exact) mass is 374 g/mol. The largest absolute Gasteiger partial charge is 0.345 e. The van der Waals surface area contributed by atoms with Crippen LogP contribution in [0.1, 0.15) is 39.2 Å². The third-order valence-corrected chi connectivity index (χ3v) is 4.23. The van der Waals surface area contributed by atoms with Crippen LogP contribution in [0.15, 0.2) is 66.9 Å². The molecular weight excluding hydrogens is 352 g/mol. The van der Waals surface area contributed by atoms with Crippen LogP contribution in [-0.4, -0.2) is 28.3 Å². The van der Waals surface area contributed by atoms with E-state index in [9.17, 15) is 9.59 Å². The van der Waals surface area contributed by atoms with Gasteiger partial charge in [-0.05, 0) is 55.8 Å². The Hall–Kier alpha value is -3.54. The number of amides is 2. The molecule has 0 aliphatic carbocycles. The standard InChI is InChI=1S/C22H22N4O2/c1-3-26(18-10-6-8-16(2)14-18)22(28)20-12-7-11-19(25-20)21(27)24-15-17-9-4-5-13-23-17/h4-14H,3,15H2,1-2H3,(H,24,27). The number of pyridine rings is 2. The van der Waals surface area contributed by atoms with Gasteiger partial charge in [-0.2, -0.15) is 0 Å². The van der Waals surface area contributed by atoms with Gasteiger partial charge < -0.3 is 10.2 Å². The van der Waals surface area contributed by atoms with E-state index in [1.54, 1.807) is 29.3 Å². The Bertz CT molecular complexity index is 973. The SMILES string of the molecule is CCN(C(=O)c1cccc(C(=O)NCc2ccccn2)n1)c1cccc(C)c1. The highest BCUT2D eigenvalue weighted by Gasteiger charge is 2.19. The van der Waals surface area contributed by atoms with Gasteiger partial charge in [-0.25, -0.2) is 4.98 Å². The highest BCUT2D eigenvalue weighted by atomic mass is 16.2. The van der Waals surface area contributed by atoms with Crippen molar-refractivity contribution in [3.05, 3.63) is 89.5 Å². The smallest absolute Gasteiger partial charge is 0.276 e. The van der Waals surface area contributed by atoms with Crippen LogP contribution >= 0.6 is 0 Å². The number of hydrogen-bond donors (Lipinski definition) is 1. The number of nitrogens with zero attached hydrogens (tertiary/aromatic N) is 3. The van der Waals surface area contributed by atoms with Gasteiger partial charge in [0.25, 0.3) is 11.8 Å². The van der Waals surface area contributed by atoms with Crippen molar-refractivity contribution < 1.29 is 9.59 Å². The summed E-state index contributed by atoms with van der Waals surface area (Å²) in [6.07, 6.45) is 1.67. The van der Waals surface area contributed by atoms with Crippen molar-refractivity contribution in [1.82, 2.24) is 15.3 Å². The maximum absolute atomic E-state index is 13.0. The van der Waals surface area contributed by atoms with Crippen molar-refractivity contribution in [3.8, 4) is 0 Å². The lowest BCUT2D eigenvalue weighted by Gasteiger charge is -2.21. The first-order chi connectivity index (χ1) is 13.6. The number of rotatable bonds is 6. The second kappa shape index (κ2) is 8.90. The fourth-order valence-electron chi connectivity index (χ4n) is 2.82. The van der Waals surface area contributed by atoms with Crippen molar-refractivity contribution in [2.24, 2.45) is 0 Å². The Labute approximate surface area is 164 Å². The van der Waals surface area contributed by atoms with Crippen LogP contribution in [0, 0.1) is 6.92 Å². The zero-order valence-electron chi connectivity index (χ0n) is 15.9. The molecule has 3 aromatic rings. The summed E-state index contributed by atoms with van der Waals surface area (Å²) < 4.78 is 0. The summed E-state index contributed by atoms with van der Waals surface area (Å²) in [6.45, 7) is 4.68. The van der Waals surface area contributed by atoms with Crippen LogP contribution < -0.4 is 10.2 Å². The van der Waals surface area contributed by atoms with E-state index in [1.807, 2.05) is 56.3 Å². The number of nitrogens with one attached hydrogen (secondary N) is 1. The van der Waals surface area contributed by atoms with Crippen molar-refractivity contribution in [2.75, 3.05) is 11.4 Å². The average Bonchev–Trinajstić information content (AvgIpc) is 2.73. The van der Waals surface area contributed by atoms with E-state index >= 15 is 0 Å². The van der Waals surface area contributed by atoms with Crippen LogP contribution in [0.2, 0.25) is 0 Å². The first kappa shape index (κ1) is 19.2. The normalized spacial score (nSPS) is 10.4. The number of aromatic nitrogens is 2. The van der Waals surface area contributed by atoms with E-state index in [1.165, 1.54) is 0 Å². The molecule has 0 fully saturated rings. The molecule has 28 heavy (non-hydrogen) atoms. The van der Waals surface area contributed by atoms with Crippen LogP contribution in [0.5, 0.6) is 0 Å². The second-order valence-electron chi connectivity index (χ2n) is 6.30. The number of carbonyl (C=O) groups excluding carboxylic acids is 2. The molecule has 0 saturated carbocycles. The Morgan fingerprint density at radius 1 is 1.00 bits per heavy atom. The summed E-state index contributed by atoms with van der Waals surface area (Å²) >= 11 is 0. The van der Waals surface area contributed by atoms with Gasteiger partial charge in [0.05, 0.1) is 12.2 Å². The number of benzene rings is 1. The Kier molecular flexibility index (Phi) is 6.11. The molecule has 2 aromatic heterocycles. The van der Waals surface area contributed by atoms with E-state index in [0.29, 0.717) is 13.1 Å². The Balaban J connectivity index is 1.76. The van der Waals surface area contributed by atoms with Gasteiger partial charge in [-0.1, -0.05) is 24.3 Å². The fraction of sp³-hybridized carbons (Fsp3) is 0.182. The summed E-state index contributed by atoms with van der Waals surface area (Å²) in [7, 11) is 0. The molecule has 6 nitrogen and oxygen atoms in total. The van der Waals surface area contributed by atoms with E-state index in [0.717, 1.165) is 16.9 Å². The molecule has 6 heteroatoms. The quantitative estimate of drug-likeness (QED) is 0.718. The molecule has 142 valence electrons. The molecular formula is C22H22N4O2. The topological polar surface area (TPSA) is 75.2 Å². The summed E-state index contributed by atoms with van der Waals surface area (Å²) in [5.74, 6) is -0.591. The zero-order valence-corrected chi connectivity index (χ0v) is 15.9. The van der Waals surface area contributed by atoms with E-state index in [2.05, 4.69) is 15.3 Å². The molecule has 2 amide bonds. The predicted octanol–water partition coefficient (Wildman–Crippen LogP) is 3.38. The van der Waals surface area contributed by atoms with Crippen LogP contribution in [0.3, 0.4) is 0 Å². The first-order valence-corrected chi connectivity index (χ1v) is 9.12. The van der Waals surface area contributed by atoms with E-state index < -0.39 is 0 Å². The minimum atomic E-state index is -0.348. The second-order valence-corrected chi connectivity index (χ2v) is 6.30. The van der Waals surface area contributed by atoms with Crippen LogP contribution in [-0.2, 0) is 6.54 Å². The lowest BCUT2D eigenvalue weighted by molar-refractivity contribution is 0.0945. The minimum Gasteiger partial charge on any atom is -0.345 e. The molecule has 0 aliphatic rings. The maximum Gasteiger partial charge on any atom is 0.276 e. The van der Waals surface area contributed by atoms with Gasteiger partial charge >= 0.3 is 0 Å². The molecule has 0 unspecified atom stereocenters. The third kappa shape index (κ3) is 4.59. The van der Waals surface area contributed by atoms with Crippen LogP contribution in [0.4, 0.5) is 5.69 Å². The number of hydrogen-bond acceptors (Lipinski definition) is 4. The molecule has 0 radical (unpaired) electrons. The first-order valence-electron chi connectivity index (χ1n) is 9.12. The van der Waals surface area contributed by atoms with Crippen molar-refractivity contribution in [1.29, 1.82) is 0 Å². The Morgan fingerprint density at radius 2 is 1.79 bits per heavy atom. The highest BCUT2D eigenvalue weighted by molar-refractivity contribution is 6.05. The van der Waals surface area contributed by atoms with E-state index in [4.69, 9.17) is 0 Å². The van der Waals surface area contributed by atoms with Gasteiger partial charge in [-0.15, -0.1) is 0 Å². The highest BCUT2D eigenvalue weighted by Crippen LogP contribution is 2.18. The third-order valence-electron chi connectivity index (χ3n) is 4.23. The number of carbonyl (C=O) groups is 2. The molecule has 0 bridgehead atoms. The predicted molar refractivity (Wildman–Crippen MR) is 108 cm³/mol. The molecule has 1 aromatic carbocycles. The van der Waals surface area contributed by atoms with Gasteiger partial charge in [0.2, 0.25) is 0 Å². The van der Waals surface area contributed by atoms with E-state index in [-0.39, 0.29) is 23.2 Å². The molecule has 0 spiro atoms. The van der Waals surface area contributed by atoms with Gasteiger partial charge in [0.1, 0.15) is 11.4 Å². The molecule has 2 heterocycles. The lowest BCUT2D eigenvalue weighted by Crippen LogP contribution is -2.32. The van der Waals surface area contributed by atoms with Crippen molar-refractivity contribution in [3.63, 3.8) is 0 Å². The molecule has 1 N–H and O–H groups in total. The van der Waals surface area contributed by atoms with Crippen LogP contribution in [0.25, 0.3) is 0 Å². The molecule has 0 aliphatic heterocycles. The van der Waals surface area contributed by atoms with Crippen molar-refractivity contribution in [2.45, 2.75) is 20.4 Å². The van der Waals surface area contributed by atoms with Gasteiger partial charge in [0, 0.05) is 18.4 Å². The minimum absolute atomic E-state index is 0.196. The lowest BCUT2D eigenvalue weighted by atomic mass is 10.2. The van der Waals surface area contributed by atoms with Crippen molar-refractivity contribution >= 4 is 17.5 Å². The van der Waals surface area contributed by atoms with Gasteiger partial charge in [0.15, 0.2) is 0 Å². The number of anilines is 1. The molecule has 0 saturated heterocycles.